The number of aromatic nitrogens is 4. The molecule has 1 saturated carbocycles. The zero-order valence-corrected chi connectivity index (χ0v) is 15.1. The number of carbonyl (C=O) groups is 1. The second-order valence-corrected chi connectivity index (χ2v) is 6.98. The van der Waals surface area contributed by atoms with Crippen molar-refractivity contribution in [2.75, 3.05) is 5.32 Å². The predicted molar refractivity (Wildman–Crippen MR) is 99.3 cm³/mol. The normalized spacial score (nSPS) is 15.2. The smallest absolute Gasteiger partial charge is 0.277 e. The van der Waals surface area contributed by atoms with Crippen molar-refractivity contribution in [1.82, 2.24) is 19.6 Å². The van der Waals surface area contributed by atoms with Crippen LogP contribution in [-0.2, 0) is 7.05 Å². The van der Waals surface area contributed by atoms with Gasteiger partial charge in [0.05, 0.1) is 17.6 Å². The highest BCUT2D eigenvalue weighted by Gasteiger charge is 2.31. The first kappa shape index (κ1) is 16.5. The Kier molecular flexibility index (Phi) is 3.86. The molecule has 1 N–H and O–H groups in total. The van der Waals surface area contributed by atoms with E-state index in [1.54, 1.807) is 37.5 Å². The molecule has 0 radical (unpaired) electrons. The monoisotopic (exact) mass is 351 g/mol. The average molecular weight is 351 g/mol. The molecule has 1 aliphatic carbocycles. The van der Waals surface area contributed by atoms with E-state index in [0.29, 0.717) is 22.5 Å². The molecule has 7 heteroatoms. The summed E-state index contributed by atoms with van der Waals surface area (Å²) in [5.74, 6) is 0.959. The molecule has 1 fully saturated rings. The number of nitrogens with zero attached hydrogens (tertiary/aromatic N) is 4. The minimum atomic E-state index is -0.343. The molecule has 1 amide bonds. The van der Waals surface area contributed by atoms with E-state index in [2.05, 4.69) is 22.4 Å². The van der Waals surface area contributed by atoms with Crippen LogP contribution >= 0.6 is 0 Å². The maximum absolute atomic E-state index is 13.0. The zero-order valence-electron chi connectivity index (χ0n) is 15.1. The Bertz CT molecular complexity index is 1060. The lowest BCUT2D eigenvalue weighted by molar-refractivity contribution is 0.102. The van der Waals surface area contributed by atoms with Gasteiger partial charge in [0.1, 0.15) is 5.82 Å². The van der Waals surface area contributed by atoms with Gasteiger partial charge in [-0.1, -0.05) is 18.2 Å². The fraction of sp³-hybridized carbons (Fsp3) is 0.368. The van der Waals surface area contributed by atoms with E-state index in [9.17, 15) is 9.59 Å². The lowest BCUT2D eigenvalue weighted by Gasteiger charge is -2.16. The van der Waals surface area contributed by atoms with Crippen LogP contribution < -0.4 is 10.9 Å². The summed E-state index contributed by atoms with van der Waals surface area (Å²) in [7, 11) is 1.55. The third-order valence-corrected chi connectivity index (χ3v) is 5.07. The van der Waals surface area contributed by atoms with Crippen molar-refractivity contribution in [2.45, 2.75) is 32.7 Å². The standard InChI is InChI=1S/C19H21N5O2/c1-11-10-20-24(12(2)13-8-9-13)17(11)21-18(25)16-14-6-4-5-7-15(14)19(26)23(3)22-16/h4-7,10,12-13H,8-9H2,1-3H3,(H,21,25)/t12-/m0/s1. The van der Waals surface area contributed by atoms with E-state index < -0.39 is 0 Å². The number of anilines is 1. The molecule has 4 rings (SSSR count). The van der Waals surface area contributed by atoms with Gasteiger partial charge in [-0.05, 0) is 38.7 Å². The number of hydrogen-bond acceptors (Lipinski definition) is 4. The first-order valence-electron chi connectivity index (χ1n) is 8.79. The van der Waals surface area contributed by atoms with E-state index in [1.165, 1.54) is 17.5 Å². The SMILES string of the molecule is Cc1cnn([C@@H](C)C2CC2)c1NC(=O)c1nn(C)c(=O)c2ccccc12. The maximum Gasteiger partial charge on any atom is 0.277 e. The Labute approximate surface area is 150 Å². The number of fused-ring (bicyclic) bond motifs is 1. The fourth-order valence-corrected chi connectivity index (χ4v) is 3.33. The second-order valence-electron chi connectivity index (χ2n) is 6.98. The molecule has 0 unspecified atom stereocenters. The molecule has 0 aliphatic heterocycles. The molecular formula is C19H21N5O2. The van der Waals surface area contributed by atoms with Crippen molar-refractivity contribution in [2.24, 2.45) is 13.0 Å². The van der Waals surface area contributed by atoms with Crippen molar-refractivity contribution < 1.29 is 4.79 Å². The third kappa shape index (κ3) is 2.69. The van der Waals surface area contributed by atoms with E-state index in [0.717, 1.165) is 5.56 Å². The summed E-state index contributed by atoms with van der Waals surface area (Å²) < 4.78 is 3.09. The average Bonchev–Trinajstić information content (AvgIpc) is 3.43. The van der Waals surface area contributed by atoms with Crippen molar-refractivity contribution in [3.05, 3.63) is 52.1 Å². The number of hydrogen-bond donors (Lipinski definition) is 1. The van der Waals surface area contributed by atoms with Crippen LogP contribution in [0.3, 0.4) is 0 Å². The Morgan fingerprint density at radius 1 is 1.27 bits per heavy atom. The molecule has 2 aromatic heterocycles. The number of amides is 1. The number of benzene rings is 1. The quantitative estimate of drug-likeness (QED) is 0.783. The lowest BCUT2D eigenvalue weighted by atomic mass is 10.1. The van der Waals surface area contributed by atoms with Crippen LogP contribution in [0.1, 0.15) is 41.9 Å². The minimum absolute atomic E-state index is 0.222. The Hall–Kier alpha value is -2.96. The van der Waals surface area contributed by atoms with Gasteiger partial charge in [-0.15, -0.1) is 0 Å². The number of nitrogens with one attached hydrogen (secondary N) is 1. The molecule has 1 aliphatic rings. The van der Waals surface area contributed by atoms with Gasteiger partial charge in [-0.2, -0.15) is 10.2 Å². The van der Waals surface area contributed by atoms with Crippen molar-refractivity contribution in [1.29, 1.82) is 0 Å². The van der Waals surface area contributed by atoms with Gasteiger partial charge in [0.2, 0.25) is 0 Å². The fourth-order valence-electron chi connectivity index (χ4n) is 3.33. The zero-order chi connectivity index (χ0) is 18.4. The first-order chi connectivity index (χ1) is 12.5. The van der Waals surface area contributed by atoms with E-state index in [1.807, 2.05) is 11.6 Å². The van der Waals surface area contributed by atoms with Crippen LogP contribution in [0.15, 0.2) is 35.3 Å². The molecule has 1 aromatic carbocycles. The van der Waals surface area contributed by atoms with Crippen molar-refractivity contribution in [3.63, 3.8) is 0 Å². The maximum atomic E-state index is 13.0. The summed E-state index contributed by atoms with van der Waals surface area (Å²) in [6, 6.07) is 7.27. The topological polar surface area (TPSA) is 81.8 Å². The molecule has 26 heavy (non-hydrogen) atoms. The van der Waals surface area contributed by atoms with Crippen LogP contribution in [0.2, 0.25) is 0 Å². The molecule has 134 valence electrons. The van der Waals surface area contributed by atoms with E-state index >= 15 is 0 Å². The molecule has 0 saturated heterocycles. The predicted octanol–water partition coefficient (Wildman–Crippen LogP) is 2.66. The first-order valence-corrected chi connectivity index (χ1v) is 8.79. The van der Waals surface area contributed by atoms with Gasteiger partial charge < -0.3 is 5.32 Å². The van der Waals surface area contributed by atoms with E-state index in [4.69, 9.17) is 0 Å². The molecule has 2 heterocycles. The lowest BCUT2D eigenvalue weighted by Crippen LogP contribution is -2.26. The van der Waals surface area contributed by atoms with Gasteiger partial charge in [-0.3, -0.25) is 9.59 Å². The van der Waals surface area contributed by atoms with Gasteiger partial charge in [0.25, 0.3) is 11.5 Å². The highest BCUT2D eigenvalue weighted by Crippen LogP contribution is 2.40. The Morgan fingerprint density at radius 2 is 1.96 bits per heavy atom. The highest BCUT2D eigenvalue weighted by molar-refractivity contribution is 6.11. The summed E-state index contributed by atoms with van der Waals surface area (Å²) in [5, 5.41) is 12.6. The molecular weight excluding hydrogens is 330 g/mol. The summed E-state index contributed by atoms with van der Waals surface area (Å²) in [6.07, 6.45) is 4.15. The van der Waals surface area contributed by atoms with E-state index in [-0.39, 0.29) is 23.2 Å². The van der Waals surface area contributed by atoms with Gasteiger partial charge in [-0.25, -0.2) is 9.36 Å². The van der Waals surface area contributed by atoms with Crippen molar-refractivity contribution in [3.8, 4) is 0 Å². The van der Waals surface area contributed by atoms with Crippen molar-refractivity contribution >= 4 is 22.5 Å². The summed E-state index contributed by atoms with van der Waals surface area (Å²) in [4.78, 5) is 25.2. The third-order valence-electron chi connectivity index (χ3n) is 5.07. The Morgan fingerprint density at radius 3 is 2.65 bits per heavy atom. The molecule has 0 bridgehead atoms. The molecule has 7 nitrogen and oxygen atoms in total. The number of rotatable bonds is 4. The minimum Gasteiger partial charge on any atom is -0.305 e. The molecule has 1 atom stereocenters. The molecule has 0 spiro atoms. The van der Waals surface area contributed by atoms with Crippen LogP contribution in [0.5, 0.6) is 0 Å². The highest BCUT2D eigenvalue weighted by atomic mass is 16.2. The van der Waals surface area contributed by atoms with Crippen LogP contribution in [-0.4, -0.2) is 25.5 Å². The number of carbonyl (C=O) groups excluding carboxylic acids is 1. The second kappa shape index (κ2) is 6.09. The van der Waals surface area contributed by atoms with Gasteiger partial charge in [0, 0.05) is 18.0 Å². The van der Waals surface area contributed by atoms with Crippen LogP contribution in [0, 0.1) is 12.8 Å². The summed E-state index contributed by atoms with van der Waals surface area (Å²) in [6.45, 7) is 4.05. The Balaban J connectivity index is 1.74. The van der Waals surface area contributed by atoms with Crippen LogP contribution in [0.4, 0.5) is 5.82 Å². The largest absolute Gasteiger partial charge is 0.305 e. The van der Waals surface area contributed by atoms with Crippen LogP contribution in [0.25, 0.3) is 10.8 Å². The van der Waals surface area contributed by atoms with Gasteiger partial charge in [0.15, 0.2) is 5.69 Å². The summed E-state index contributed by atoms with van der Waals surface area (Å²) in [5.41, 5.74) is 0.912. The number of aryl methyl sites for hydroxylation is 2. The molecule has 3 aromatic rings. The van der Waals surface area contributed by atoms with Gasteiger partial charge >= 0.3 is 0 Å². The summed E-state index contributed by atoms with van der Waals surface area (Å²) >= 11 is 0.